The van der Waals surface area contributed by atoms with Crippen LogP contribution in [0.1, 0.15) is 29.5 Å². The fourth-order valence-electron chi connectivity index (χ4n) is 5.56. The van der Waals surface area contributed by atoms with E-state index in [1.807, 2.05) is 12.1 Å². The Balaban J connectivity index is 1.22. The number of ether oxygens (including phenoxy) is 2. The van der Waals surface area contributed by atoms with E-state index in [1.165, 1.54) is 34.7 Å². The van der Waals surface area contributed by atoms with Gasteiger partial charge in [0, 0.05) is 26.2 Å². The van der Waals surface area contributed by atoms with Gasteiger partial charge in [-0.25, -0.2) is 0 Å². The van der Waals surface area contributed by atoms with Gasteiger partial charge in [-0.15, -0.1) is 0 Å². The number of piperidine rings is 1. The highest BCUT2D eigenvalue weighted by Crippen LogP contribution is 2.33. The number of amides is 1. The van der Waals surface area contributed by atoms with Gasteiger partial charge in [-0.1, -0.05) is 36.4 Å². The second kappa shape index (κ2) is 10.1. The van der Waals surface area contributed by atoms with Crippen molar-refractivity contribution in [2.75, 3.05) is 40.4 Å². The van der Waals surface area contributed by atoms with E-state index >= 15 is 0 Å². The van der Waals surface area contributed by atoms with Gasteiger partial charge in [-0.2, -0.15) is 0 Å². The van der Waals surface area contributed by atoms with Gasteiger partial charge in [0.2, 0.25) is 5.91 Å². The van der Waals surface area contributed by atoms with Crippen molar-refractivity contribution >= 4 is 16.7 Å². The molecule has 2 heterocycles. The van der Waals surface area contributed by atoms with Gasteiger partial charge in [0.05, 0.1) is 20.6 Å². The first-order chi connectivity index (χ1) is 16.6. The summed E-state index contributed by atoms with van der Waals surface area (Å²) in [6.07, 6.45) is 3.67. The third-order valence-corrected chi connectivity index (χ3v) is 7.35. The molecule has 5 heteroatoms. The number of fused-ring (bicyclic) bond motifs is 2. The molecule has 0 bridgehead atoms. The lowest BCUT2D eigenvalue weighted by Gasteiger charge is -2.35. The van der Waals surface area contributed by atoms with Crippen LogP contribution in [-0.4, -0.2) is 56.1 Å². The summed E-state index contributed by atoms with van der Waals surface area (Å²) in [7, 11) is 3.30. The molecule has 0 radical (unpaired) electrons. The first-order valence-electron chi connectivity index (χ1n) is 12.3. The molecule has 5 nitrogen and oxygen atoms in total. The average Bonchev–Trinajstić information content (AvgIpc) is 3.01. The topological polar surface area (TPSA) is 42.0 Å². The third kappa shape index (κ3) is 4.90. The molecule has 0 spiro atoms. The highest BCUT2D eigenvalue weighted by molar-refractivity contribution is 5.83. The number of hydrogen-bond donors (Lipinski definition) is 0. The fourth-order valence-corrected chi connectivity index (χ4v) is 5.56. The van der Waals surface area contributed by atoms with E-state index in [0.717, 1.165) is 50.5 Å². The predicted octanol–water partition coefficient (Wildman–Crippen LogP) is 4.70. The molecule has 2 aliphatic rings. The lowest BCUT2D eigenvalue weighted by molar-refractivity contribution is -0.131. The first-order valence-corrected chi connectivity index (χ1v) is 12.3. The van der Waals surface area contributed by atoms with E-state index < -0.39 is 0 Å². The van der Waals surface area contributed by atoms with Gasteiger partial charge in [0.1, 0.15) is 0 Å². The number of hydrogen-bond acceptors (Lipinski definition) is 4. The van der Waals surface area contributed by atoms with E-state index in [1.54, 1.807) is 14.2 Å². The molecule has 0 N–H and O–H groups in total. The van der Waals surface area contributed by atoms with Gasteiger partial charge in [-0.3, -0.25) is 9.69 Å². The summed E-state index contributed by atoms with van der Waals surface area (Å²) in [4.78, 5) is 17.8. The number of likely N-dealkylation sites (tertiary alicyclic amines) is 1. The number of rotatable bonds is 6. The van der Waals surface area contributed by atoms with Gasteiger partial charge in [0.15, 0.2) is 11.5 Å². The zero-order valence-electron chi connectivity index (χ0n) is 20.3. The second-order valence-corrected chi connectivity index (χ2v) is 9.67. The van der Waals surface area contributed by atoms with Crippen molar-refractivity contribution in [2.24, 2.45) is 5.92 Å². The molecular formula is C29H34N2O3. The lowest BCUT2D eigenvalue weighted by atomic mass is 9.96. The molecule has 178 valence electrons. The minimum Gasteiger partial charge on any atom is -0.493 e. The van der Waals surface area contributed by atoms with Gasteiger partial charge in [-0.05, 0) is 77.4 Å². The van der Waals surface area contributed by atoms with Crippen molar-refractivity contribution in [3.8, 4) is 11.5 Å². The van der Waals surface area contributed by atoms with E-state index in [2.05, 4.69) is 52.3 Å². The van der Waals surface area contributed by atoms with Gasteiger partial charge < -0.3 is 14.4 Å². The maximum atomic E-state index is 13.1. The minimum absolute atomic E-state index is 0.220. The smallest absolute Gasteiger partial charge is 0.227 e. The summed E-state index contributed by atoms with van der Waals surface area (Å²) >= 11 is 0. The SMILES string of the molecule is COc1cc2c(cc1OC)CC(=O)N(CC1CCCN(Cc3ccc4ccccc4c3)C1)CC2. The molecule has 1 fully saturated rings. The van der Waals surface area contributed by atoms with Crippen LogP contribution in [0.3, 0.4) is 0 Å². The standard InChI is InChI=1S/C29H34N2O3/c1-33-27-15-25-11-13-31(29(32)17-26(25)16-28(27)34-2)20-22-6-5-12-30(19-22)18-21-9-10-23-7-3-4-8-24(23)14-21/h3-4,7-10,14-16,22H,5-6,11-13,17-20H2,1-2H3. The Kier molecular flexibility index (Phi) is 6.73. The van der Waals surface area contributed by atoms with Crippen molar-refractivity contribution in [3.63, 3.8) is 0 Å². The molecule has 2 aliphatic heterocycles. The summed E-state index contributed by atoms with van der Waals surface area (Å²) in [6.45, 7) is 4.76. The number of carbonyl (C=O) groups is 1. The second-order valence-electron chi connectivity index (χ2n) is 9.67. The largest absolute Gasteiger partial charge is 0.493 e. The zero-order valence-corrected chi connectivity index (χ0v) is 20.3. The fraction of sp³-hybridized carbons (Fsp3) is 0.414. The van der Waals surface area contributed by atoms with Crippen LogP contribution in [0.25, 0.3) is 10.8 Å². The van der Waals surface area contributed by atoms with Crippen LogP contribution in [0, 0.1) is 5.92 Å². The Morgan fingerprint density at radius 2 is 1.68 bits per heavy atom. The summed E-state index contributed by atoms with van der Waals surface area (Å²) in [6, 6.07) is 19.4. The van der Waals surface area contributed by atoms with Crippen LogP contribution in [-0.2, 0) is 24.2 Å². The maximum absolute atomic E-state index is 13.1. The Morgan fingerprint density at radius 1 is 0.912 bits per heavy atom. The third-order valence-electron chi connectivity index (χ3n) is 7.35. The highest BCUT2D eigenvalue weighted by Gasteiger charge is 2.27. The van der Waals surface area contributed by atoms with Crippen LogP contribution in [0.5, 0.6) is 11.5 Å². The van der Waals surface area contributed by atoms with E-state index in [4.69, 9.17) is 9.47 Å². The molecule has 5 rings (SSSR count). The normalized spacial score (nSPS) is 19.1. The molecule has 0 aliphatic carbocycles. The number of methoxy groups -OCH3 is 2. The predicted molar refractivity (Wildman–Crippen MR) is 135 cm³/mol. The van der Waals surface area contributed by atoms with E-state index in [-0.39, 0.29) is 5.91 Å². The molecular weight excluding hydrogens is 424 g/mol. The summed E-state index contributed by atoms with van der Waals surface area (Å²) in [5, 5.41) is 2.59. The van der Waals surface area contributed by atoms with Crippen molar-refractivity contribution in [1.82, 2.24) is 9.80 Å². The van der Waals surface area contributed by atoms with E-state index in [9.17, 15) is 4.79 Å². The highest BCUT2D eigenvalue weighted by atomic mass is 16.5. The van der Waals surface area contributed by atoms with Crippen LogP contribution < -0.4 is 9.47 Å². The van der Waals surface area contributed by atoms with Gasteiger partial charge >= 0.3 is 0 Å². The van der Waals surface area contributed by atoms with Crippen LogP contribution in [0.15, 0.2) is 54.6 Å². The van der Waals surface area contributed by atoms with Gasteiger partial charge in [0.25, 0.3) is 0 Å². The van der Waals surface area contributed by atoms with Crippen LogP contribution in [0.2, 0.25) is 0 Å². The summed E-state index contributed by atoms with van der Waals surface area (Å²) in [5.74, 6) is 2.17. The molecule has 1 unspecified atom stereocenters. The molecule has 1 saturated heterocycles. The molecule has 3 aromatic rings. The molecule has 0 aromatic heterocycles. The van der Waals surface area contributed by atoms with E-state index in [0.29, 0.717) is 18.1 Å². The van der Waals surface area contributed by atoms with Crippen molar-refractivity contribution < 1.29 is 14.3 Å². The lowest BCUT2D eigenvalue weighted by Crippen LogP contribution is -2.43. The molecule has 3 aromatic carbocycles. The molecule has 1 amide bonds. The number of nitrogens with zero attached hydrogens (tertiary/aromatic N) is 2. The molecule has 34 heavy (non-hydrogen) atoms. The van der Waals surface area contributed by atoms with Crippen molar-refractivity contribution in [1.29, 1.82) is 0 Å². The molecule has 1 atom stereocenters. The Hall–Kier alpha value is -3.05. The monoisotopic (exact) mass is 458 g/mol. The average molecular weight is 459 g/mol. The molecule has 0 saturated carbocycles. The number of carbonyl (C=O) groups excluding carboxylic acids is 1. The van der Waals surface area contributed by atoms with Crippen LogP contribution >= 0.6 is 0 Å². The zero-order chi connectivity index (χ0) is 23.5. The Morgan fingerprint density at radius 3 is 2.47 bits per heavy atom. The quantitative estimate of drug-likeness (QED) is 0.537. The van der Waals surface area contributed by atoms with Crippen molar-refractivity contribution in [2.45, 2.75) is 32.2 Å². The summed E-state index contributed by atoms with van der Waals surface area (Å²) < 4.78 is 10.9. The Bertz CT molecular complexity index is 1180. The van der Waals surface area contributed by atoms with Crippen molar-refractivity contribution in [3.05, 3.63) is 71.3 Å². The Labute approximate surface area is 202 Å². The number of benzene rings is 3. The minimum atomic E-state index is 0.220. The first kappa shape index (κ1) is 22.7. The maximum Gasteiger partial charge on any atom is 0.227 e. The summed E-state index contributed by atoms with van der Waals surface area (Å²) in [5.41, 5.74) is 3.62. The van der Waals surface area contributed by atoms with Crippen LogP contribution in [0.4, 0.5) is 0 Å².